The average molecular weight is 365 g/mol. The van der Waals surface area contributed by atoms with Crippen molar-refractivity contribution in [2.24, 2.45) is 10.9 Å². The Balaban J connectivity index is 1.74. The van der Waals surface area contributed by atoms with Gasteiger partial charge in [-0.25, -0.2) is 4.39 Å². The SMILES string of the molecule is CCNC(=NCC(O)c1ccccc1F)NCCCN1CCC(C)CC1. The van der Waals surface area contributed by atoms with E-state index in [-0.39, 0.29) is 12.1 Å². The number of nitrogens with one attached hydrogen (secondary N) is 2. The van der Waals surface area contributed by atoms with Gasteiger partial charge in [0.1, 0.15) is 11.9 Å². The van der Waals surface area contributed by atoms with Gasteiger partial charge in [0.25, 0.3) is 0 Å². The van der Waals surface area contributed by atoms with Gasteiger partial charge in [-0.15, -0.1) is 0 Å². The minimum absolute atomic E-state index is 0.125. The molecule has 1 aliphatic heterocycles. The smallest absolute Gasteiger partial charge is 0.191 e. The Morgan fingerprint density at radius 3 is 2.73 bits per heavy atom. The second-order valence-corrected chi connectivity index (χ2v) is 7.06. The molecule has 26 heavy (non-hydrogen) atoms. The van der Waals surface area contributed by atoms with Crippen LogP contribution >= 0.6 is 0 Å². The van der Waals surface area contributed by atoms with Gasteiger partial charge in [-0.3, -0.25) is 4.99 Å². The molecule has 146 valence electrons. The monoisotopic (exact) mass is 364 g/mol. The van der Waals surface area contributed by atoms with Crippen LogP contribution in [0, 0.1) is 11.7 Å². The third-order valence-corrected chi connectivity index (χ3v) is 4.85. The van der Waals surface area contributed by atoms with Crippen LogP contribution in [0.15, 0.2) is 29.3 Å². The Labute approximate surface area is 156 Å². The molecule has 1 saturated heterocycles. The van der Waals surface area contributed by atoms with E-state index in [1.165, 1.54) is 32.0 Å². The molecular weight excluding hydrogens is 331 g/mol. The van der Waals surface area contributed by atoms with E-state index in [4.69, 9.17) is 0 Å². The molecule has 0 radical (unpaired) electrons. The van der Waals surface area contributed by atoms with Gasteiger partial charge in [-0.1, -0.05) is 25.1 Å². The first-order valence-corrected chi connectivity index (χ1v) is 9.77. The van der Waals surface area contributed by atoms with Crippen LogP contribution in [-0.4, -0.2) is 55.2 Å². The summed E-state index contributed by atoms with van der Waals surface area (Å²) in [6.45, 7) is 9.51. The number of piperidine rings is 1. The first-order chi connectivity index (χ1) is 12.6. The van der Waals surface area contributed by atoms with Gasteiger partial charge in [0, 0.05) is 18.7 Å². The lowest BCUT2D eigenvalue weighted by Crippen LogP contribution is -2.40. The number of aliphatic hydroxyl groups is 1. The Morgan fingerprint density at radius 1 is 1.31 bits per heavy atom. The summed E-state index contributed by atoms with van der Waals surface area (Å²) in [5, 5.41) is 16.6. The largest absolute Gasteiger partial charge is 0.386 e. The van der Waals surface area contributed by atoms with Gasteiger partial charge in [0.2, 0.25) is 0 Å². The van der Waals surface area contributed by atoms with E-state index in [0.717, 1.165) is 32.0 Å². The molecule has 5 nitrogen and oxygen atoms in total. The Morgan fingerprint density at radius 2 is 2.04 bits per heavy atom. The molecule has 0 saturated carbocycles. The van der Waals surface area contributed by atoms with Gasteiger partial charge < -0.3 is 20.6 Å². The maximum atomic E-state index is 13.7. The third kappa shape index (κ3) is 6.92. The molecule has 1 fully saturated rings. The zero-order valence-electron chi connectivity index (χ0n) is 16.0. The fourth-order valence-corrected chi connectivity index (χ4v) is 3.16. The van der Waals surface area contributed by atoms with Gasteiger partial charge in [-0.2, -0.15) is 0 Å². The van der Waals surface area contributed by atoms with Crippen LogP contribution in [0.3, 0.4) is 0 Å². The minimum atomic E-state index is -0.943. The van der Waals surface area contributed by atoms with Crippen LogP contribution in [-0.2, 0) is 0 Å². The lowest BCUT2D eigenvalue weighted by atomic mass is 9.99. The van der Waals surface area contributed by atoms with Crippen molar-refractivity contribution < 1.29 is 9.50 Å². The Kier molecular flexibility index (Phi) is 8.85. The van der Waals surface area contributed by atoms with Crippen LogP contribution in [0.2, 0.25) is 0 Å². The number of aliphatic hydroxyl groups excluding tert-OH is 1. The summed E-state index contributed by atoms with van der Waals surface area (Å²) in [6, 6.07) is 6.28. The first-order valence-electron chi connectivity index (χ1n) is 9.77. The zero-order chi connectivity index (χ0) is 18.8. The maximum absolute atomic E-state index is 13.7. The molecule has 3 N–H and O–H groups in total. The summed E-state index contributed by atoms with van der Waals surface area (Å²) >= 11 is 0. The number of benzene rings is 1. The van der Waals surface area contributed by atoms with E-state index in [9.17, 15) is 9.50 Å². The van der Waals surface area contributed by atoms with Crippen molar-refractivity contribution in [2.75, 3.05) is 39.3 Å². The summed E-state index contributed by atoms with van der Waals surface area (Å²) in [5.41, 5.74) is 0.284. The highest BCUT2D eigenvalue weighted by atomic mass is 19.1. The fourth-order valence-electron chi connectivity index (χ4n) is 3.16. The lowest BCUT2D eigenvalue weighted by molar-refractivity contribution is 0.182. The average Bonchev–Trinajstić information content (AvgIpc) is 2.64. The number of halogens is 1. The molecule has 1 atom stereocenters. The second-order valence-electron chi connectivity index (χ2n) is 7.06. The topological polar surface area (TPSA) is 59.9 Å². The predicted molar refractivity (Wildman–Crippen MR) is 105 cm³/mol. The van der Waals surface area contributed by atoms with E-state index in [1.54, 1.807) is 18.2 Å². The molecule has 1 heterocycles. The standard InChI is InChI=1S/C20H33FN4O/c1-3-22-20(23-11-6-12-25-13-9-16(2)10-14-25)24-15-19(26)17-7-4-5-8-18(17)21/h4-5,7-8,16,19,26H,3,6,9-15H2,1-2H3,(H2,22,23,24). The number of hydrogen-bond acceptors (Lipinski definition) is 3. The molecule has 6 heteroatoms. The van der Waals surface area contributed by atoms with Crippen LogP contribution in [0.25, 0.3) is 0 Å². The summed E-state index contributed by atoms with van der Waals surface area (Å²) in [4.78, 5) is 6.91. The number of guanidine groups is 1. The fraction of sp³-hybridized carbons (Fsp3) is 0.650. The molecule has 1 aromatic carbocycles. The quantitative estimate of drug-likeness (QED) is 0.377. The number of aliphatic imine (C=N–C) groups is 1. The number of nitrogens with zero attached hydrogens (tertiary/aromatic N) is 2. The van der Waals surface area contributed by atoms with Crippen molar-refractivity contribution in [1.29, 1.82) is 0 Å². The minimum Gasteiger partial charge on any atom is -0.386 e. The van der Waals surface area contributed by atoms with Crippen LogP contribution in [0.4, 0.5) is 4.39 Å². The van der Waals surface area contributed by atoms with Crippen molar-refractivity contribution in [3.8, 4) is 0 Å². The highest BCUT2D eigenvalue weighted by Crippen LogP contribution is 2.17. The van der Waals surface area contributed by atoms with E-state index in [0.29, 0.717) is 5.96 Å². The number of likely N-dealkylation sites (tertiary alicyclic amines) is 1. The van der Waals surface area contributed by atoms with E-state index in [2.05, 4.69) is 27.4 Å². The highest BCUT2D eigenvalue weighted by Gasteiger charge is 2.15. The number of hydrogen-bond donors (Lipinski definition) is 3. The summed E-state index contributed by atoms with van der Waals surface area (Å²) in [6.07, 6.45) is 2.70. The summed E-state index contributed by atoms with van der Waals surface area (Å²) in [5.74, 6) is 1.12. The maximum Gasteiger partial charge on any atom is 0.191 e. The van der Waals surface area contributed by atoms with Crippen molar-refractivity contribution in [1.82, 2.24) is 15.5 Å². The summed E-state index contributed by atoms with van der Waals surface area (Å²) in [7, 11) is 0. The van der Waals surface area contributed by atoms with Crippen LogP contribution in [0.5, 0.6) is 0 Å². The first kappa shape index (κ1) is 20.6. The molecule has 0 aromatic heterocycles. The molecule has 1 aromatic rings. The zero-order valence-corrected chi connectivity index (χ0v) is 16.0. The van der Waals surface area contributed by atoms with Crippen LogP contribution < -0.4 is 10.6 Å². The number of rotatable bonds is 8. The van der Waals surface area contributed by atoms with E-state index in [1.807, 2.05) is 6.92 Å². The molecule has 0 amide bonds. The van der Waals surface area contributed by atoms with Gasteiger partial charge >= 0.3 is 0 Å². The van der Waals surface area contributed by atoms with Crippen molar-refractivity contribution in [3.63, 3.8) is 0 Å². The van der Waals surface area contributed by atoms with E-state index >= 15 is 0 Å². The predicted octanol–water partition coefficient (Wildman–Crippen LogP) is 2.54. The third-order valence-electron chi connectivity index (χ3n) is 4.85. The van der Waals surface area contributed by atoms with Crippen LogP contribution in [0.1, 0.15) is 44.8 Å². The van der Waals surface area contributed by atoms with E-state index < -0.39 is 11.9 Å². The van der Waals surface area contributed by atoms with Crippen molar-refractivity contribution >= 4 is 5.96 Å². The van der Waals surface area contributed by atoms with Crippen molar-refractivity contribution in [3.05, 3.63) is 35.6 Å². The van der Waals surface area contributed by atoms with Gasteiger partial charge in [0.05, 0.1) is 6.54 Å². The van der Waals surface area contributed by atoms with Crippen molar-refractivity contribution in [2.45, 2.75) is 39.2 Å². The Hall–Kier alpha value is -1.66. The molecular formula is C20H33FN4O. The van der Waals surface area contributed by atoms with Gasteiger partial charge in [-0.05, 0) is 57.8 Å². The second kappa shape index (κ2) is 11.1. The highest BCUT2D eigenvalue weighted by molar-refractivity contribution is 5.79. The summed E-state index contributed by atoms with van der Waals surface area (Å²) < 4.78 is 13.7. The molecule has 0 aliphatic carbocycles. The molecule has 2 rings (SSSR count). The molecule has 0 bridgehead atoms. The van der Waals surface area contributed by atoms with Gasteiger partial charge in [0.15, 0.2) is 5.96 Å². The molecule has 0 spiro atoms. The normalized spacial score (nSPS) is 17.9. The molecule has 1 aliphatic rings. The molecule has 1 unspecified atom stereocenters. The Bertz CT molecular complexity index is 558. The lowest BCUT2D eigenvalue weighted by Gasteiger charge is -2.30.